The van der Waals surface area contributed by atoms with Crippen molar-refractivity contribution in [2.75, 3.05) is 5.73 Å². The van der Waals surface area contributed by atoms with Gasteiger partial charge in [0.15, 0.2) is 0 Å². The summed E-state index contributed by atoms with van der Waals surface area (Å²) in [4.78, 5) is 1.02. The first-order chi connectivity index (χ1) is 9.44. The summed E-state index contributed by atoms with van der Waals surface area (Å²) < 4.78 is 27.1. The van der Waals surface area contributed by atoms with E-state index in [1.54, 1.807) is 6.07 Å². The average molecular weight is 331 g/mol. The maximum atomic E-state index is 12.3. The van der Waals surface area contributed by atoms with Crippen LogP contribution >= 0.6 is 22.9 Å². The molecule has 3 N–H and O–H groups in total. The quantitative estimate of drug-likeness (QED) is 0.828. The number of rotatable bonds is 5. The molecule has 1 aromatic carbocycles. The van der Waals surface area contributed by atoms with Crippen molar-refractivity contribution in [3.63, 3.8) is 0 Å². The molecule has 2 aromatic rings. The Kier molecular flexibility index (Phi) is 4.70. The number of hydrogen-bond acceptors (Lipinski definition) is 4. The molecule has 0 aliphatic rings. The number of hydrogen-bond donors (Lipinski definition) is 2. The molecule has 0 aliphatic carbocycles. The van der Waals surface area contributed by atoms with Crippen LogP contribution in [0.15, 0.2) is 34.5 Å². The maximum Gasteiger partial charge on any atom is 0.242 e. The lowest BCUT2D eigenvalue weighted by molar-refractivity contribution is 0.582. The van der Waals surface area contributed by atoms with E-state index in [0.29, 0.717) is 5.02 Å². The van der Waals surface area contributed by atoms with E-state index < -0.39 is 10.0 Å². The number of benzene rings is 1. The van der Waals surface area contributed by atoms with Gasteiger partial charge in [-0.05, 0) is 41.6 Å². The second-order valence-corrected chi connectivity index (χ2v) is 7.40. The lowest BCUT2D eigenvalue weighted by Gasteiger charge is -2.09. The standard InChI is InChI=1S/C13H15ClN2O2S2/c1-2-9-5-6-19-12(9)8-16-20(17,18)13-7-10(14)3-4-11(13)15/h3-7,16H,2,8,15H2,1H3. The number of nitrogens with two attached hydrogens (primary N) is 1. The Morgan fingerprint density at radius 1 is 1.35 bits per heavy atom. The molecule has 1 aromatic heterocycles. The highest BCUT2D eigenvalue weighted by Crippen LogP contribution is 2.23. The molecule has 0 amide bonds. The highest BCUT2D eigenvalue weighted by atomic mass is 35.5. The minimum Gasteiger partial charge on any atom is -0.398 e. The average Bonchev–Trinajstić information content (AvgIpc) is 2.86. The number of aryl methyl sites for hydroxylation is 1. The predicted octanol–water partition coefficient (Wildman–Crippen LogP) is 3.02. The van der Waals surface area contributed by atoms with E-state index in [-0.39, 0.29) is 17.1 Å². The van der Waals surface area contributed by atoms with Gasteiger partial charge < -0.3 is 5.73 Å². The van der Waals surface area contributed by atoms with Gasteiger partial charge in [0.05, 0.1) is 5.69 Å². The van der Waals surface area contributed by atoms with Crippen LogP contribution in [0.2, 0.25) is 5.02 Å². The summed E-state index contributed by atoms with van der Waals surface area (Å²) in [5, 5.41) is 2.29. The summed E-state index contributed by atoms with van der Waals surface area (Å²) in [5.41, 5.74) is 7.04. The summed E-state index contributed by atoms with van der Waals surface area (Å²) in [5.74, 6) is 0. The number of thiophene rings is 1. The van der Waals surface area contributed by atoms with E-state index in [2.05, 4.69) is 4.72 Å². The molecule has 2 rings (SSSR count). The fourth-order valence-electron chi connectivity index (χ4n) is 1.82. The molecular weight excluding hydrogens is 316 g/mol. The zero-order valence-corrected chi connectivity index (χ0v) is 13.3. The third-order valence-electron chi connectivity index (χ3n) is 2.91. The highest BCUT2D eigenvalue weighted by molar-refractivity contribution is 7.89. The van der Waals surface area contributed by atoms with E-state index in [9.17, 15) is 8.42 Å². The highest BCUT2D eigenvalue weighted by Gasteiger charge is 2.18. The molecule has 0 bridgehead atoms. The third kappa shape index (κ3) is 3.32. The lowest BCUT2D eigenvalue weighted by Crippen LogP contribution is -2.24. The maximum absolute atomic E-state index is 12.3. The Bertz CT molecular complexity index is 711. The van der Waals surface area contributed by atoms with Gasteiger partial charge in [-0.15, -0.1) is 11.3 Å². The van der Waals surface area contributed by atoms with E-state index in [0.717, 1.165) is 16.9 Å². The van der Waals surface area contributed by atoms with Crippen molar-refractivity contribution in [3.8, 4) is 0 Å². The summed E-state index contributed by atoms with van der Waals surface area (Å²) in [6.07, 6.45) is 0.875. The molecule has 1 heterocycles. The fourth-order valence-corrected chi connectivity index (χ4v) is 4.21. The first kappa shape index (κ1) is 15.3. The number of halogens is 1. The van der Waals surface area contributed by atoms with Crippen molar-refractivity contribution >= 4 is 38.6 Å². The second-order valence-electron chi connectivity index (χ2n) is 4.23. The van der Waals surface area contributed by atoms with Crippen molar-refractivity contribution in [2.45, 2.75) is 24.8 Å². The van der Waals surface area contributed by atoms with Crippen molar-refractivity contribution in [1.82, 2.24) is 4.72 Å². The molecule has 0 fully saturated rings. The van der Waals surface area contributed by atoms with Gasteiger partial charge in [0.2, 0.25) is 10.0 Å². The molecule has 0 radical (unpaired) electrons. The first-order valence-corrected chi connectivity index (χ1v) is 8.78. The van der Waals surface area contributed by atoms with Crippen LogP contribution in [0.1, 0.15) is 17.4 Å². The zero-order chi connectivity index (χ0) is 14.8. The van der Waals surface area contributed by atoms with Gasteiger partial charge in [0, 0.05) is 16.4 Å². The molecule has 7 heteroatoms. The van der Waals surface area contributed by atoms with Crippen LogP contribution in [0.25, 0.3) is 0 Å². The predicted molar refractivity (Wildman–Crippen MR) is 83.6 cm³/mol. The number of anilines is 1. The summed E-state index contributed by atoms with van der Waals surface area (Å²) in [6.45, 7) is 2.30. The Labute approximate surface area is 127 Å². The minimum atomic E-state index is -3.67. The molecular formula is C13H15ClN2O2S2. The van der Waals surface area contributed by atoms with Crippen LogP contribution in [-0.4, -0.2) is 8.42 Å². The molecule has 108 valence electrons. The summed E-state index contributed by atoms with van der Waals surface area (Å²) in [7, 11) is -3.67. The Hall–Kier alpha value is -1.08. The summed E-state index contributed by atoms with van der Waals surface area (Å²) in [6, 6.07) is 6.40. The third-order valence-corrected chi connectivity index (χ3v) is 5.56. The molecule has 0 aliphatic heterocycles. The number of nitrogen functional groups attached to an aromatic ring is 1. The van der Waals surface area contributed by atoms with Gasteiger partial charge in [0.1, 0.15) is 4.90 Å². The van der Waals surface area contributed by atoms with Gasteiger partial charge in [-0.25, -0.2) is 13.1 Å². The topological polar surface area (TPSA) is 72.2 Å². The van der Waals surface area contributed by atoms with Gasteiger partial charge in [-0.1, -0.05) is 18.5 Å². The smallest absolute Gasteiger partial charge is 0.242 e. The molecule has 0 saturated carbocycles. The van der Waals surface area contributed by atoms with Crippen LogP contribution in [-0.2, 0) is 23.0 Å². The van der Waals surface area contributed by atoms with Crippen LogP contribution < -0.4 is 10.5 Å². The Morgan fingerprint density at radius 2 is 2.10 bits per heavy atom. The van der Waals surface area contributed by atoms with E-state index in [1.165, 1.54) is 23.5 Å². The summed E-state index contributed by atoms with van der Waals surface area (Å²) >= 11 is 7.36. The van der Waals surface area contributed by atoms with Crippen LogP contribution in [0, 0.1) is 0 Å². The number of nitrogens with one attached hydrogen (secondary N) is 1. The molecule has 0 unspecified atom stereocenters. The van der Waals surface area contributed by atoms with Crippen LogP contribution in [0.5, 0.6) is 0 Å². The van der Waals surface area contributed by atoms with E-state index >= 15 is 0 Å². The molecule has 20 heavy (non-hydrogen) atoms. The van der Waals surface area contributed by atoms with Crippen molar-refractivity contribution in [3.05, 3.63) is 45.1 Å². The zero-order valence-electron chi connectivity index (χ0n) is 10.9. The lowest BCUT2D eigenvalue weighted by atomic mass is 10.2. The Balaban J connectivity index is 2.21. The van der Waals surface area contributed by atoms with Gasteiger partial charge in [-0.3, -0.25) is 0 Å². The molecule has 0 saturated heterocycles. The molecule has 0 spiro atoms. The second kappa shape index (κ2) is 6.13. The van der Waals surface area contributed by atoms with Gasteiger partial charge in [-0.2, -0.15) is 0 Å². The normalized spacial score (nSPS) is 11.7. The van der Waals surface area contributed by atoms with Crippen LogP contribution in [0.3, 0.4) is 0 Å². The molecule has 4 nitrogen and oxygen atoms in total. The minimum absolute atomic E-state index is 0.0135. The van der Waals surface area contributed by atoms with Crippen molar-refractivity contribution in [1.29, 1.82) is 0 Å². The van der Waals surface area contributed by atoms with Gasteiger partial charge in [0.25, 0.3) is 0 Å². The Morgan fingerprint density at radius 3 is 2.80 bits per heavy atom. The largest absolute Gasteiger partial charge is 0.398 e. The van der Waals surface area contributed by atoms with Crippen LogP contribution in [0.4, 0.5) is 5.69 Å². The molecule has 0 atom stereocenters. The fraction of sp³-hybridized carbons (Fsp3) is 0.231. The van der Waals surface area contributed by atoms with Crippen molar-refractivity contribution < 1.29 is 8.42 Å². The van der Waals surface area contributed by atoms with Crippen molar-refractivity contribution in [2.24, 2.45) is 0 Å². The van der Waals surface area contributed by atoms with E-state index in [4.69, 9.17) is 17.3 Å². The van der Waals surface area contributed by atoms with Gasteiger partial charge >= 0.3 is 0 Å². The van der Waals surface area contributed by atoms with E-state index in [1.807, 2.05) is 18.4 Å². The first-order valence-electron chi connectivity index (χ1n) is 6.04. The monoisotopic (exact) mass is 330 g/mol. The SMILES string of the molecule is CCc1ccsc1CNS(=O)(=O)c1cc(Cl)ccc1N. The number of sulfonamides is 1.